The second-order valence-corrected chi connectivity index (χ2v) is 5.41. The molecule has 1 spiro atoms. The lowest BCUT2D eigenvalue weighted by Crippen LogP contribution is -2.50. The average Bonchev–Trinajstić information content (AvgIpc) is 2.82. The van der Waals surface area contributed by atoms with Crippen molar-refractivity contribution in [3.8, 4) is 0 Å². The molecule has 2 rings (SSSR count). The highest BCUT2D eigenvalue weighted by Crippen LogP contribution is 2.60. The summed E-state index contributed by atoms with van der Waals surface area (Å²) >= 11 is 0. The summed E-state index contributed by atoms with van der Waals surface area (Å²) in [4.78, 5) is 0. The molecular formula is C12H23NO. The minimum atomic E-state index is -0.203. The van der Waals surface area contributed by atoms with Crippen LogP contribution < -0.4 is 5.32 Å². The number of aliphatic hydroxyl groups is 1. The van der Waals surface area contributed by atoms with E-state index in [1.807, 2.05) is 6.92 Å². The van der Waals surface area contributed by atoms with Crippen LogP contribution in [0.2, 0.25) is 0 Å². The zero-order chi connectivity index (χ0) is 10.2. The summed E-state index contributed by atoms with van der Waals surface area (Å²) in [6.07, 6.45) is 7.68. The van der Waals surface area contributed by atoms with Gasteiger partial charge in [0.05, 0.1) is 6.10 Å². The summed E-state index contributed by atoms with van der Waals surface area (Å²) in [6.45, 7) is 4.08. The van der Waals surface area contributed by atoms with Gasteiger partial charge in [-0.1, -0.05) is 13.3 Å². The Hall–Kier alpha value is -0.0800. The molecule has 0 aromatic rings. The first-order valence-electron chi connectivity index (χ1n) is 6.09. The van der Waals surface area contributed by atoms with Crippen molar-refractivity contribution in [2.45, 2.75) is 70.6 Å². The van der Waals surface area contributed by atoms with Crippen molar-refractivity contribution in [2.75, 3.05) is 0 Å². The van der Waals surface area contributed by atoms with Gasteiger partial charge in [-0.25, -0.2) is 0 Å². The molecule has 2 atom stereocenters. The minimum absolute atomic E-state index is 0.203. The first-order valence-corrected chi connectivity index (χ1v) is 6.09. The van der Waals surface area contributed by atoms with Gasteiger partial charge in [-0.2, -0.15) is 0 Å². The Morgan fingerprint density at radius 2 is 2.07 bits per heavy atom. The van der Waals surface area contributed by atoms with Crippen molar-refractivity contribution in [2.24, 2.45) is 5.41 Å². The van der Waals surface area contributed by atoms with E-state index in [1.165, 1.54) is 25.7 Å². The fraction of sp³-hybridized carbons (Fsp3) is 1.00. The van der Waals surface area contributed by atoms with E-state index in [2.05, 4.69) is 12.2 Å². The average molecular weight is 197 g/mol. The molecule has 2 saturated carbocycles. The van der Waals surface area contributed by atoms with Gasteiger partial charge in [0.25, 0.3) is 0 Å². The molecule has 0 saturated heterocycles. The Labute approximate surface area is 87.1 Å². The molecule has 2 nitrogen and oxygen atoms in total. The van der Waals surface area contributed by atoms with Gasteiger partial charge >= 0.3 is 0 Å². The molecule has 2 N–H and O–H groups in total. The van der Waals surface area contributed by atoms with Crippen LogP contribution in [0.25, 0.3) is 0 Å². The van der Waals surface area contributed by atoms with Crippen molar-refractivity contribution in [1.29, 1.82) is 0 Å². The fourth-order valence-corrected chi connectivity index (χ4v) is 2.77. The monoisotopic (exact) mass is 197 g/mol. The second kappa shape index (κ2) is 3.82. The maximum Gasteiger partial charge on any atom is 0.0665 e. The van der Waals surface area contributed by atoms with Crippen LogP contribution in [0.3, 0.4) is 0 Å². The Balaban J connectivity index is 1.71. The molecule has 2 aliphatic carbocycles. The SMILES string of the molecule is CCCC(NC1CC2(CC2)C1)C(C)O. The largest absolute Gasteiger partial charge is 0.392 e. The highest BCUT2D eigenvalue weighted by atomic mass is 16.3. The Kier molecular flexibility index (Phi) is 2.85. The molecule has 0 amide bonds. The van der Waals surface area contributed by atoms with E-state index in [9.17, 15) is 5.11 Å². The topological polar surface area (TPSA) is 32.3 Å². The van der Waals surface area contributed by atoms with Crippen LogP contribution in [0, 0.1) is 5.41 Å². The molecule has 0 heterocycles. The summed E-state index contributed by atoms with van der Waals surface area (Å²) in [5.74, 6) is 0. The quantitative estimate of drug-likeness (QED) is 0.707. The third-order valence-electron chi connectivity index (χ3n) is 3.95. The third-order valence-corrected chi connectivity index (χ3v) is 3.95. The molecular weight excluding hydrogens is 174 g/mol. The van der Waals surface area contributed by atoms with Crippen LogP contribution >= 0.6 is 0 Å². The first-order chi connectivity index (χ1) is 6.65. The minimum Gasteiger partial charge on any atom is -0.392 e. The molecule has 0 aromatic carbocycles. The highest BCUT2D eigenvalue weighted by molar-refractivity contribution is 5.07. The number of hydrogen-bond acceptors (Lipinski definition) is 2. The molecule has 0 bridgehead atoms. The molecule has 0 aromatic heterocycles. The van der Waals surface area contributed by atoms with Gasteiger partial charge in [-0.3, -0.25) is 0 Å². The van der Waals surface area contributed by atoms with Gasteiger partial charge in [0.1, 0.15) is 0 Å². The summed E-state index contributed by atoms with van der Waals surface area (Å²) in [7, 11) is 0. The van der Waals surface area contributed by atoms with Crippen molar-refractivity contribution in [3.63, 3.8) is 0 Å². The summed E-state index contributed by atoms with van der Waals surface area (Å²) in [6, 6.07) is 1.02. The molecule has 82 valence electrons. The normalized spacial score (nSPS) is 28.5. The van der Waals surface area contributed by atoms with E-state index >= 15 is 0 Å². The van der Waals surface area contributed by atoms with Crippen molar-refractivity contribution >= 4 is 0 Å². The van der Waals surface area contributed by atoms with Gasteiger partial charge < -0.3 is 10.4 Å². The van der Waals surface area contributed by atoms with Gasteiger partial charge in [-0.15, -0.1) is 0 Å². The molecule has 2 aliphatic rings. The Morgan fingerprint density at radius 1 is 1.43 bits per heavy atom. The number of nitrogens with one attached hydrogen (secondary N) is 1. The molecule has 2 heteroatoms. The van der Waals surface area contributed by atoms with Crippen LogP contribution in [0.1, 0.15) is 52.4 Å². The molecule has 14 heavy (non-hydrogen) atoms. The second-order valence-electron chi connectivity index (χ2n) is 5.41. The van der Waals surface area contributed by atoms with Crippen LogP contribution in [-0.4, -0.2) is 23.3 Å². The molecule has 2 unspecified atom stereocenters. The van der Waals surface area contributed by atoms with E-state index in [0.29, 0.717) is 12.1 Å². The van der Waals surface area contributed by atoms with E-state index in [1.54, 1.807) is 0 Å². The van der Waals surface area contributed by atoms with E-state index < -0.39 is 0 Å². The molecule has 2 fully saturated rings. The Bertz CT molecular complexity index is 190. The third kappa shape index (κ3) is 2.12. The highest BCUT2D eigenvalue weighted by Gasteiger charge is 2.52. The number of rotatable bonds is 5. The standard InChI is InChI=1S/C12H23NO/c1-3-4-11(9(2)14)13-10-7-12(8-10)5-6-12/h9-11,13-14H,3-8H2,1-2H3. The zero-order valence-electron chi connectivity index (χ0n) is 9.42. The maximum atomic E-state index is 9.59. The lowest BCUT2D eigenvalue weighted by atomic mass is 9.76. The number of aliphatic hydroxyl groups excluding tert-OH is 1. The van der Waals surface area contributed by atoms with Crippen molar-refractivity contribution in [1.82, 2.24) is 5.32 Å². The van der Waals surface area contributed by atoms with E-state index in [-0.39, 0.29) is 6.10 Å². The fourth-order valence-electron chi connectivity index (χ4n) is 2.77. The van der Waals surface area contributed by atoms with Crippen LogP contribution in [0.5, 0.6) is 0 Å². The van der Waals surface area contributed by atoms with Gasteiger partial charge in [0.2, 0.25) is 0 Å². The lowest BCUT2D eigenvalue weighted by Gasteiger charge is -2.39. The summed E-state index contributed by atoms with van der Waals surface area (Å²) < 4.78 is 0. The van der Waals surface area contributed by atoms with Gasteiger partial charge in [-0.05, 0) is 44.4 Å². The van der Waals surface area contributed by atoms with Crippen molar-refractivity contribution in [3.05, 3.63) is 0 Å². The van der Waals surface area contributed by atoms with Gasteiger partial charge in [0, 0.05) is 12.1 Å². The van der Waals surface area contributed by atoms with Crippen LogP contribution in [0.15, 0.2) is 0 Å². The van der Waals surface area contributed by atoms with E-state index in [0.717, 1.165) is 18.3 Å². The summed E-state index contributed by atoms with van der Waals surface area (Å²) in [5, 5.41) is 13.2. The van der Waals surface area contributed by atoms with Crippen LogP contribution in [-0.2, 0) is 0 Å². The molecule has 0 aliphatic heterocycles. The van der Waals surface area contributed by atoms with Crippen molar-refractivity contribution < 1.29 is 5.11 Å². The van der Waals surface area contributed by atoms with Crippen LogP contribution in [0.4, 0.5) is 0 Å². The number of hydrogen-bond donors (Lipinski definition) is 2. The Morgan fingerprint density at radius 3 is 2.50 bits per heavy atom. The van der Waals surface area contributed by atoms with E-state index in [4.69, 9.17) is 0 Å². The molecule has 0 radical (unpaired) electrons. The maximum absolute atomic E-state index is 9.59. The predicted molar refractivity (Wildman–Crippen MR) is 58.2 cm³/mol. The predicted octanol–water partition coefficient (Wildman–Crippen LogP) is 2.07. The summed E-state index contributed by atoms with van der Waals surface area (Å²) in [5.41, 5.74) is 0.771. The lowest BCUT2D eigenvalue weighted by molar-refractivity contribution is 0.101. The first kappa shape index (κ1) is 10.4. The smallest absolute Gasteiger partial charge is 0.0665 e. The zero-order valence-corrected chi connectivity index (χ0v) is 9.42. The van der Waals surface area contributed by atoms with Gasteiger partial charge in [0.15, 0.2) is 0 Å².